The van der Waals surface area contributed by atoms with E-state index in [0.29, 0.717) is 11.3 Å². The van der Waals surface area contributed by atoms with Crippen molar-refractivity contribution in [3.63, 3.8) is 0 Å². The maximum atomic E-state index is 10.9. The van der Waals surface area contributed by atoms with Crippen molar-refractivity contribution in [2.45, 2.75) is 6.92 Å². The molecule has 0 saturated heterocycles. The Labute approximate surface area is 108 Å². The predicted octanol–water partition coefficient (Wildman–Crippen LogP) is 2.73. The first kappa shape index (κ1) is 13.7. The van der Waals surface area contributed by atoms with Gasteiger partial charge in [-0.1, -0.05) is 35.5 Å². The van der Waals surface area contributed by atoms with Crippen LogP contribution in [0.1, 0.15) is 23.0 Å². The van der Waals surface area contributed by atoms with E-state index in [1.807, 2.05) is 0 Å². The van der Waals surface area contributed by atoms with E-state index in [-0.39, 0.29) is 16.0 Å². The van der Waals surface area contributed by atoms with Crippen LogP contribution in [0.4, 0.5) is 0 Å². The summed E-state index contributed by atoms with van der Waals surface area (Å²) in [5.41, 5.74) is 0.368. The zero-order valence-corrected chi connectivity index (χ0v) is 10.6. The Bertz CT molecular complexity index is 474. The van der Waals surface area contributed by atoms with Crippen LogP contribution in [-0.2, 0) is 4.79 Å². The third-order valence-corrected chi connectivity index (χ3v) is 2.75. The standard InChI is InChI=1S/C11H10ClNO3S/c1-7(14)17-6-2-3-8-4-5-9(12)13-10(8)11(15)16/h2-5H,6H2,1H3,(H,15,16). The van der Waals surface area contributed by atoms with Gasteiger partial charge in [0, 0.05) is 18.2 Å². The van der Waals surface area contributed by atoms with E-state index in [9.17, 15) is 9.59 Å². The average molecular weight is 272 g/mol. The van der Waals surface area contributed by atoms with Gasteiger partial charge in [-0.05, 0) is 12.1 Å². The van der Waals surface area contributed by atoms with E-state index in [0.717, 1.165) is 11.8 Å². The number of aromatic nitrogens is 1. The second-order valence-corrected chi connectivity index (χ2v) is 4.67. The molecule has 0 spiro atoms. The topological polar surface area (TPSA) is 67.3 Å². The molecular weight excluding hydrogens is 262 g/mol. The molecule has 0 radical (unpaired) electrons. The lowest BCUT2D eigenvalue weighted by Gasteiger charge is -2.00. The number of carbonyl (C=O) groups excluding carboxylic acids is 1. The molecule has 1 heterocycles. The highest BCUT2D eigenvalue weighted by molar-refractivity contribution is 8.13. The van der Waals surface area contributed by atoms with E-state index in [4.69, 9.17) is 16.7 Å². The van der Waals surface area contributed by atoms with E-state index in [2.05, 4.69) is 4.98 Å². The number of rotatable bonds is 4. The molecule has 0 saturated carbocycles. The fourth-order valence-electron chi connectivity index (χ4n) is 1.09. The molecule has 1 rings (SSSR count). The molecular formula is C11H10ClNO3S. The zero-order chi connectivity index (χ0) is 12.8. The van der Waals surface area contributed by atoms with Crippen LogP contribution in [0.15, 0.2) is 18.2 Å². The summed E-state index contributed by atoms with van der Waals surface area (Å²) in [6, 6.07) is 3.10. The summed E-state index contributed by atoms with van der Waals surface area (Å²) >= 11 is 6.76. The molecule has 0 aliphatic carbocycles. The minimum atomic E-state index is -1.13. The summed E-state index contributed by atoms with van der Waals surface area (Å²) in [5, 5.41) is 9.07. The molecule has 0 aromatic carbocycles. The molecule has 6 heteroatoms. The Balaban J connectivity index is 2.83. The smallest absolute Gasteiger partial charge is 0.355 e. The Morgan fingerprint density at radius 1 is 1.53 bits per heavy atom. The number of thioether (sulfide) groups is 1. The van der Waals surface area contributed by atoms with Gasteiger partial charge in [0.2, 0.25) is 0 Å². The maximum absolute atomic E-state index is 10.9. The van der Waals surface area contributed by atoms with Gasteiger partial charge in [-0.2, -0.15) is 0 Å². The van der Waals surface area contributed by atoms with Crippen molar-refractivity contribution in [1.29, 1.82) is 0 Å². The van der Waals surface area contributed by atoms with Crippen LogP contribution < -0.4 is 0 Å². The Kier molecular flexibility index (Phi) is 5.18. The number of hydrogen-bond acceptors (Lipinski definition) is 4. The summed E-state index contributed by atoms with van der Waals surface area (Å²) in [5.74, 6) is -0.636. The van der Waals surface area contributed by atoms with E-state index in [1.165, 1.54) is 13.0 Å². The molecule has 0 unspecified atom stereocenters. The Morgan fingerprint density at radius 2 is 2.24 bits per heavy atom. The summed E-state index contributed by atoms with van der Waals surface area (Å²) in [4.78, 5) is 25.3. The number of nitrogens with zero attached hydrogens (tertiary/aromatic N) is 1. The van der Waals surface area contributed by atoms with Crippen LogP contribution in [0, 0.1) is 0 Å². The molecule has 0 atom stereocenters. The second-order valence-electron chi connectivity index (χ2n) is 3.08. The molecule has 17 heavy (non-hydrogen) atoms. The zero-order valence-electron chi connectivity index (χ0n) is 9.01. The number of carboxylic acid groups (broad SMARTS) is 1. The fraction of sp³-hybridized carbons (Fsp3) is 0.182. The molecule has 1 aromatic rings. The fourth-order valence-corrected chi connectivity index (χ4v) is 1.67. The first-order chi connectivity index (χ1) is 8.00. The molecule has 0 aliphatic heterocycles. The molecule has 0 aliphatic rings. The van der Waals surface area contributed by atoms with Crippen LogP contribution in [0.25, 0.3) is 6.08 Å². The normalized spacial score (nSPS) is 10.7. The lowest BCUT2D eigenvalue weighted by atomic mass is 10.2. The third-order valence-electron chi connectivity index (χ3n) is 1.78. The summed E-state index contributed by atoms with van der Waals surface area (Å²) in [6.45, 7) is 1.48. The van der Waals surface area contributed by atoms with Gasteiger partial charge in [0.25, 0.3) is 0 Å². The van der Waals surface area contributed by atoms with Crippen molar-refractivity contribution < 1.29 is 14.7 Å². The molecule has 0 fully saturated rings. The molecule has 1 N–H and O–H groups in total. The minimum Gasteiger partial charge on any atom is -0.476 e. The summed E-state index contributed by atoms with van der Waals surface area (Å²) in [7, 11) is 0. The second kappa shape index (κ2) is 6.42. The van der Waals surface area contributed by atoms with Crippen LogP contribution in [0.3, 0.4) is 0 Å². The van der Waals surface area contributed by atoms with Crippen LogP contribution in [0.2, 0.25) is 5.15 Å². The van der Waals surface area contributed by atoms with Crippen molar-refractivity contribution in [3.8, 4) is 0 Å². The number of hydrogen-bond donors (Lipinski definition) is 1. The maximum Gasteiger partial charge on any atom is 0.355 e. The van der Waals surface area contributed by atoms with Gasteiger partial charge in [-0.15, -0.1) is 0 Å². The van der Waals surface area contributed by atoms with Crippen molar-refractivity contribution >= 4 is 40.5 Å². The van der Waals surface area contributed by atoms with Crippen molar-refractivity contribution in [2.24, 2.45) is 0 Å². The van der Waals surface area contributed by atoms with Crippen LogP contribution in [0.5, 0.6) is 0 Å². The van der Waals surface area contributed by atoms with Gasteiger partial charge in [-0.3, -0.25) is 4.79 Å². The molecule has 0 bridgehead atoms. The molecule has 0 amide bonds. The lowest BCUT2D eigenvalue weighted by Crippen LogP contribution is -2.03. The molecule has 1 aromatic heterocycles. The Hall–Kier alpha value is -1.33. The molecule has 4 nitrogen and oxygen atoms in total. The van der Waals surface area contributed by atoms with Crippen LogP contribution in [-0.4, -0.2) is 26.9 Å². The number of halogens is 1. The largest absolute Gasteiger partial charge is 0.476 e. The number of aromatic carboxylic acids is 1. The van der Waals surface area contributed by atoms with E-state index in [1.54, 1.807) is 18.2 Å². The minimum absolute atomic E-state index is 0.0161. The highest BCUT2D eigenvalue weighted by Gasteiger charge is 2.10. The van der Waals surface area contributed by atoms with Gasteiger partial charge in [0.1, 0.15) is 5.15 Å². The van der Waals surface area contributed by atoms with Gasteiger partial charge in [-0.25, -0.2) is 9.78 Å². The quantitative estimate of drug-likeness (QED) is 0.853. The van der Waals surface area contributed by atoms with Crippen LogP contribution >= 0.6 is 23.4 Å². The number of carboxylic acids is 1. The molecule has 90 valence electrons. The van der Waals surface area contributed by atoms with Gasteiger partial charge < -0.3 is 5.11 Å². The first-order valence-electron chi connectivity index (χ1n) is 4.70. The number of carbonyl (C=O) groups is 2. The lowest BCUT2D eigenvalue weighted by molar-refractivity contribution is -0.109. The number of pyridine rings is 1. The average Bonchev–Trinajstić information content (AvgIpc) is 2.25. The van der Waals surface area contributed by atoms with Crippen molar-refractivity contribution in [3.05, 3.63) is 34.6 Å². The summed E-state index contributed by atoms with van der Waals surface area (Å²) in [6.07, 6.45) is 3.33. The highest BCUT2D eigenvalue weighted by Crippen LogP contribution is 2.14. The van der Waals surface area contributed by atoms with Crippen molar-refractivity contribution in [1.82, 2.24) is 4.98 Å². The van der Waals surface area contributed by atoms with Gasteiger partial charge in [0.15, 0.2) is 10.8 Å². The van der Waals surface area contributed by atoms with E-state index < -0.39 is 5.97 Å². The van der Waals surface area contributed by atoms with Crippen molar-refractivity contribution in [2.75, 3.05) is 5.75 Å². The monoisotopic (exact) mass is 271 g/mol. The van der Waals surface area contributed by atoms with E-state index >= 15 is 0 Å². The third kappa shape index (κ3) is 4.58. The SMILES string of the molecule is CC(=O)SCC=Cc1ccc(Cl)nc1C(=O)O. The predicted molar refractivity (Wildman–Crippen MR) is 68.4 cm³/mol. The van der Waals surface area contributed by atoms with Gasteiger partial charge >= 0.3 is 5.97 Å². The Morgan fingerprint density at radius 3 is 2.82 bits per heavy atom. The highest BCUT2D eigenvalue weighted by atomic mass is 35.5. The van der Waals surface area contributed by atoms with Gasteiger partial charge in [0.05, 0.1) is 0 Å². The first-order valence-corrected chi connectivity index (χ1v) is 6.07. The summed E-state index contributed by atoms with van der Waals surface area (Å²) < 4.78 is 0.